The standard InChI is InChI=1S/C24H26BrNO6S/c1-4-11-32-22-17(25)13-16(14-20(22)30-5-2)15-21-23(27)26(24(28)33-21)10-12-31-19-9-7-6-8-18(19)29-3/h6-9,13-15H,4-5,10-12H2,1-3H3/b21-15-. The molecular weight excluding hydrogens is 510 g/mol. The zero-order valence-corrected chi connectivity index (χ0v) is 21.2. The second-order valence-corrected chi connectivity index (χ2v) is 8.79. The van der Waals surface area contributed by atoms with Gasteiger partial charge in [0.05, 0.1) is 36.2 Å². The van der Waals surface area contributed by atoms with E-state index in [-0.39, 0.29) is 24.3 Å². The average molecular weight is 536 g/mol. The topological polar surface area (TPSA) is 74.3 Å². The molecule has 2 aromatic rings. The minimum atomic E-state index is -0.353. The van der Waals surface area contributed by atoms with Crippen molar-refractivity contribution in [3.05, 3.63) is 51.3 Å². The molecule has 0 bridgehead atoms. The highest BCUT2D eigenvalue weighted by atomic mass is 79.9. The molecule has 0 unspecified atom stereocenters. The lowest BCUT2D eigenvalue weighted by Crippen LogP contribution is -2.32. The number of methoxy groups -OCH3 is 1. The van der Waals surface area contributed by atoms with Gasteiger partial charge in [0.2, 0.25) is 0 Å². The molecule has 0 atom stereocenters. The van der Waals surface area contributed by atoms with E-state index >= 15 is 0 Å². The second-order valence-electron chi connectivity index (χ2n) is 6.94. The molecule has 2 aromatic carbocycles. The third-order valence-electron chi connectivity index (χ3n) is 4.60. The number of hydrogen-bond donors (Lipinski definition) is 0. The van der Waals surface area contributed by atoms with E-state index in [0.717, 1.165) is 28.2 Å². The van der Waals surface area contributed by atoms with Crippen molar-refractivity contribution in [2.24, 2.45) is 0 Å². The quantitative estimate of drug-likeness (QED) is 0.338. The fourth-order valence-corrected chi connectivity index (χ4v) is 4.55. The van der Waals surface area contributed by atoms with E-state index in [1.54, 1.807) is 31.4 Å². The Bertz CT molecular complexity index is 1040. The minimum Gasteiger partial charge on any atom is -0.493 e. The second kappa shape index (κ2) is 12.0. The maximum atomic E-state index is 12.9. The van der Waals surface area contributed by atoms with Crippen LogP contribution in [0.2, 0.25) is 0 Å². The van der Waals surface area contributed by atoms with E-state index in [0.29, 0.717) is 41.1 Å². The average Bonchev–Trinajstić information content (AvgIpc) is 3.06. The van der Waals surface area contributed by atoms with E-state index < -0.39 is 0 Å². The van der Waals surface area contributed by atoms with Gasteiger partial charge >= 0.3 is 0 Å². The monoisotopic (exact) mass is 535 g/mol. The van der Waals surface area contributed by atoms with Crippen molar-refractivity contribution in [1.82, 2.24) is 4.90 Å². The van der Waals surface area contributed by atoms with E-state index in [2.05, 4.69) is 15.9 Å². The maximum Gasteiger partial charge on any atom is 0.293 e. The van der Waals surface area contributed by atoms with Gasteiger partial charge < -0.3 is 18.9 Å². The highest BCUT2D eigenvalue weighted by molar-refractivity contribution is 9.10. The van der Waals surface area contributed by atoms with Crippen LogP contribution in [0.4, 0.5) is 4.79 Å². The zero-order valence-electron chi connectivity index (χ0n) is 18.8. The van der Waals surface area contributed by atoms with Crippen LogP contribution in [-0.4, -0.2) is 49.5 Å². The van der Waals surface area contributed by atoms with Crippen LogP contribution in [0.15, 0.2) is 45.8 Å². The maximum absolute atomic E-state index is 12.9. The van der Waals surface area contributed by atoms with Crippen molar-refractivity contribution in [3.63, 3.8) is 0 Å². The van der Waals surface area contributed by atoms with Gasteiger partial charge in [-0.2, -0.15) is 0 Å². The van der Waals surface area contributed by atoms with Crippen LogP contribution >= 0.6 is 27.7 Å². The smallest absolute Gasteiger partial charge is 0.293 e. The van der Waals surface area contributed by atoms with Gasteiger partial charge in [-0.15, -0.1) is 0 Å². The van der Waals surface area contributed by atoms with Gasteiger partial charge in [-0.25, -0.2) is 0 Å². The van der Waals surface area contributed by atoms with Crippen LogP contribution in [0, 0.1) is 0 Å². The van der Waals surface area contributed by atoms with Crippen molar-refractivity contribution in [1.29, 1.82) is 0 Å². The van der Waals surface area contributed by atoms with E-state index in [4.69, 9.17) is 18.9 Å². The van der Waals surface area contributed by atoms with Gasteiger partial charge in [-0.05, 0) is 76.9 Å². The lowest BCUT2D eigenvalue weighted by Gasteiger charge is -2.15. The Labute approximate surface area is 206 Å². The Morgan fingerprint density at radius 2 is 1.76 bits per heavy atom. The number of thioether (sulfide) groups is 1. The van der Waals surface area contributed by atoms with E-state index in [1.807, 2.05) is 32.0 Å². The van der Waals surface area contributed by atoms with Gasteiger partial charge in [-0.3, -0.25) is 14.5 Å². The number of nitrogens with zero attached hydrogens (tertiary/aromatic N) is 1. The summed E-state index contributed by atoms with van der Waals surface area (Å²) in [6, 6.07) is 10.9. The molecule has 176 valence electrons. The van der Waals surface area contributed by atoms with Crippen LogP contribution in [-0.2, 0) is 4.79 Å². The lowest BCUT2D eigenvalue weighted by molar-refractivity contribution is -0.123. The molecule has 0 saturated carbocycles. The summed E-state index contributed by atoms with van der Waals surface area (Å²) in [7, 11) is 1.56. The van der Waals surface area contributed by atoms with Crippen LogP contribution in [0.1, 0.15) is 25.8 Å². The Morgan fingerprint density at radius 3 is 2.45 bits per heavy atom. The Kier molecular flexibility index (Phi) is 9.08. The van der Waals surface area contributed by atoms with Crippen molar-refractivity contribution < 1.29 is 28.5 Å². The Hall–Kier alpha value is -2.65. The highest BCUT2D eigenvalue weighted by Gasteiger charge is 2.35. The Morgan fingerprint density at radius 1 is 1.00 bits per heavy atom. The molecule has 1 aliphatic heterocycles. The number of hydrogen-bond acceptors (Lipinski definition) is 7. The predicted molar refractivity (Wildman–Crippen MR) is 132 cm³/mol. The number of rotatable bonds is 11. The molecular formula is C24H26BrNO6S. The summed E-state index contributed by atoms with van der Waals surface area (Å²) < 4.78 is 23.2. The molecule has 3 rings (SSSR count). The zero-order chi connectivity index (χ0) is 23.8. The van der Waals surface area contributed by atoms with Gasteiger partial charge in [0.15, 0.2) is 23.0 Å². The van der Waals surface area contributed by atoms with Crippen molar-refractivity contribution in [2.75, 3.05) is 33.5 Å². The predicted octanol–water partition coefficient (Wildman–Crippen LogP) is 5.76. The van der Waals surface area contributed by atoms with Crippen LogP contribution in [0.3, 0.4) is 0 Å². The number of ether oxygens (including phenoxy) is 4. The fraction of sp³-hybridized carbons (Fsp3) is 0.333. The number of carbonyl (C=O) groups is 2. The lowest BCUT2D eigenvalue weighted by atomic mass is 10.2. The van der Waals surface area contributed by atoms with Gasteiger partial charge in [-0.1, -0.05) is 19.1 Å². The van der Waals surface area contributed by atoms with Gasteiger partial charge in [0, 0.05) is 0 Å². The third-order valence-corrected chi connectivity index (χ3v) is 6.09. The van der Waals surface area contributed by atoms with Crippen LogP contribution < -0.4 is 18.9 Å². The summed E-state index contributed by atoms with van der Waals surface area (Å²) >= 11 is 4.43. The first-order valence-corrected chi connectivity index (χ1v) is 12.2. The summed E-state index contributed by atoms with van der Waals surface area (Å²) in [6.07, 6.45) is 2.55. The summed E-state index contributed by atoms with van der Waals surface area (Å²) in [5, 5.41) is -0.332. The third kappa shape index (κ3) is 6.23. The van der Waals surface area contributed by atoms with Crippen LogP contribution in [0.5, 0.6) is 23.0 Å². The molecule has 1 heterocycles. The van der Waals surface area contributed by atoms with E-state index in [9.17, 15) is 9.59 Å². The summed E-state index contributed by atoms with van der Waals surface area (Å²) in [4.78, 5) is 26.8. The van der Waals surface area contributed by atoms with Crippen molar-refractivity contribution in [2.45, 2.75) is 20.3 Å². The SMILES string of the molecule is CCCOc1c(Br)cc(/C=C2\SC(=O)N(CCOc3ccccc3OC)C2=O)cc1OCC. The molecule has 1 fully saturated rings. The highest BCUT2D eigenvalue weighted by Crippen LogP contribution is 2.39. The first-order valence-electron chi connectivity index (χ1n) is 10.6. The largest absolute Gasteiger partial charge is 0.493 e. The molecule has 0 aromatic heterocycles. The van der Waals surface area contributed by atoms with Crippen LogP contribution in [0.25, 0.3) is 6.08 Å². The molecule has 0 radical (unpaired) electrons. The molecule has 2 amide bonds. The summed E-state index contributed by atoms with van der Waals surface area (Å²) in [5.74, 6) is 2.00. The molecule has 33 heavy (non-hydrogen) atoms. The summed E-state index contributed by atoms with van der Waals surface area (Å²) in [5.41, 5.74) is 0.727. The molecule has 1 saturated heterocycles. The molecule has 7 nitrogen and oxygen atoms in total. The van der Waals surface area contributed by atoms with E-state index in [1.165, 1.54) is 4.90 Å². The molecule has 9 heteroatoms. The van der Waals surface area contributed by atoms with Crippen molar-refractivity contribution in [3.8, 4) is 23.0 Å². The first-order chi connectivity index (χ1) is 16.0. The number of imide groups is 1. The number of benzene rings is 2. The molecule has 0 N–H and O–H groups in total. The minimum absolute atomic E-state index is 0.137. The Balaban J connectivity index is 1.72. The van der Waals surface area contributed by atoms with Gasteiger partial charge in [0.25, 0.3) is 11.1 Å². The number of para-hydroxylation sites is 2. The number of carbonyl (C=O) groups excluding carboxylic acids is 2. The molecule has 0 aliphatic carbocycles. The normalized spacial score (nSPS) is 14.7. The van der Waals surface area contributed by atoms with Gasteiger partial charge in [0.1, 0.15) is 6.61 Å². The molecule has 0 spiro atoms. The first kappa shape index (κ1) is 25.0. The fourth-order valence-electron chi connectivity index (χ4n) is 3.11. The summed E-state index contributed by atoms with van der Waals surface area (Å²) in [6.45, 7) is 5.25. The van der Waals surface area contributed by atoms with Crippen molar-refractivity contribution >= 4 is 44.9 Å². The number of halogens is 1. The number of amides is 2. The molecule has 1 aliphatic rings.